The van der Waals surface area contributed by atoms with Crippen molar-refractivity contribution in [3.05, 3.63) is 30.3 Å². The molecule has 102 valence electrons. The fourth-order valence-corrected chi connectivity index (χ4v) is 1.80. The van der Waals surface area contributed by atoms with E-state index in [2.05, 4.69) is 15.5 Å². The second kappa shape index (κ2) is 5.04. The van der Waals surface area contributed by atoms with Gasteiger partial charge < -0.3 is 19.9 Å². The molecule has 0 atom stereocenters. The van der Waals surface area contributed by atoms with Gasteiger partial charge >= 0.3 is 5.97 Å². The Hall–Kier alpha value is -2.83. The van der Waals surface area contributed by atoms with Crippen molar-refractivity contribution < 1.29 is 19.4 Å². The molecule has 0 unspecified atom stereocenters. The van der Waals surface area contributed by atoms with Crippen LogP contribution in [-0.2, 0) is 4.79 Å². The van der Waals surface area contributed by atoms with E-state index >= 15 is 0 Å². The maximum absolute atomic E-state index is 10.4. The Morgan fingerprint density at radius 3 is 2.80 bits per heavy atom. The molecular weight excluding hydrogens is 262 g/mol. The normalized spacial score (nSPS) is 12.2. The van der Waals surface area contributed by atoms with Crippen molar-refractivity contribution in [1.82, 2.24) is 10.2 Å². The lowest BCUT2D eigenvalue weighted by molar-refractivity contribution is -0.134. The lowest BCUT2D eigenvalue weighted by Gasteiger charge is -2.04. The summed E-state index contributed by atoms with van der Waals surface area (Å²) in [6.07, 6.45) is 0. The van der Waals surface area contributed by atoms with Crippen LogP contribution >= 0.6 is 0 Å². The van der Waals surface area contributed by atoms with Crippen LogP contribution in [0.4, 0.5) is 5.82 Å². The van der Waals surface area contributed by atoms with Gasteiger partial charge in [0, 0.05) is 5.56 Å². The Balaban J connectivity index is 1.79. The number of nitrogens with one attached hydrogen (secondary N) is 1. The lowest BCUT2D eigenvalue weighted by atomic mass is 10.1. The molecule has 0 amide bonds. The molecule has 20 heavy (non-hydrogen) atoms. The number of fused-ring (bicyclic) bond motifs is 1. The van der Waals surface area contributed by atoms with E-state index in [1.807, 2.05) is 18.2 Å². The first-order chi connectivity index (χ1) is 9.72. The van der Waals surface area contributed by atoms with Crippen molar-refractivity contribution in [1.29, 1.82) is 0 Å². The third-order valence-corrected chi connectivity index (χ3v) is 2.75. The van der Waals surface area contributed by atoms with Crippen LogP contribution in [0.3, 0.4) is 0 Å². The highest BCUT2D eigenvalue weighted by Gasteiger charge is 2.14. The van der Waals surface area contributed by atoms with Gasteiger partial charge in [-0.05, 0) is 30.3 Å². The van der Waals surface area contributed by atoms with E-state index in [1.54, 1.807) is 12.1 Å². The summed E-state index contributed by atoms with van der Waals surface area (Å²) in [5.41, 5.74) is 1.52. The van der Waals surface area contributed by atoms with Gasteiger partial charge in [-0.25, -0.2) is 0 Å². The second-order valence-electron chi connectivity index (χ2n) is 4.12. The zero-order valence-corrected chi connectivity index (χ0v) is 10.4. The van der Waals surface area contributed by atoms with Crippen molar-refractivity contribution in [2.24, 2.45) is 0 Å². The minimum absolute atomic E-state index is 0.196. The highest BCUT2D eigenvalue weighted by atomic mass is 16.7. The zero-order chi connectivity index (χ0) is 13.9. The Morgan fingerprint density at radius 1 is 1.20 bits per heavy atom. The summed E-state index contributed by atoms with van der Waals surface area (Å²) in [6, 6.07) is 8.94. The van der Waals surface area contributed by atoms with E-state index in [0.29, 0.717) is 23.0 Å². The van der Waals surface area contributed by atoms with E-state index in [-0.39, 0.29) is 13.3 Å². The summed E-state index contributed by atoms with van der Waals surface area (Å²) in [6.45, 7) is 0.0283. The van der Waals surface area contributed by atoms with Gasteiger partial charge in [0.2, 0.25) is 6.79 Å². The van der Waals surface area contributed by atoms with Crippen LogP contribution in [0.15, 0.2) is 30.3 Å². The SMILES string of the molecule is O=C(O)CNc1ccc(-c2ccc3c(c2)OCO3)nn1. The van der Waals surface area contributed by atoms with E-state index in [9.17, 15) is 4.79 Å². The number of carboxylic acid groups (broad SMARTS) is 1. The Bertz CT molecular complexity index is 643. The number of aliphatic carboxylic acids is 1. The standard InChI is InChI=1S/C13H11N3O4/c17-13(18)6-14-12-4-2-9(15-16-12)8-1-3-10-11(5-8)20-7-19-10/h1-5H,6-7H2,(H,14,16)(H,17,18). The van der Waals surface area contributed by atoms with Crippen molar-refractivity contribution in [3.63, 3.8) is 0 Å². The molecule has 7 heteroatoms. The number of hydrogen-bond acceptors (Lipinski definition) is 6. The fraction of sp³-hybridized carbons (Fsp3) is 0.154. The van der Waals surface area contributed by atoms with Gasteiger partial charge in [0.15, 0.2) is 11.5 Å². The zero-order valence-electron chi connectivity index (χ0n) is 10.4. The third kappa shape index (κ3) is 2.46. The molecule has 2 N–H and O–H groups in total. The van der Waals surface area contributed by atoms with Crippen molar-refractivity contribution in [2.75, 3.05) is 18.7 Å². The fourth-order valence-electron chi connectivity index (χ4n) is 1.80. The Kier molecular flexibility index (Phi) is 3.08. The Labute approximate surface area is 114 Å². The van der Waals surface area contributed by atoms with Gasteiger partial charge in [-0.3, -0.25) is 4.79 Å². The molecule has 0 aliphatic carbocycles. The first kappa shape index (κ1) is 12.2. The number of carboxylic acids is 1. The molecule has 0 fully saturated rings. The van der Waals surface area contributed by atoms with Crippen LogP contribution in [0.1, 0.15) is 0 Å². The van der Waals surface area contributed by atoms with Gasteiger partial charge in [0.25, 0.3) is 0 Å². The highest BCUT2D eigenvalue weighted by molar-refractivity contribution is 5.72. The molecular formula is C13H11N3O4. The van der Waals surface area contributed by atoms with Crippen LogP contribution in [0, 0.1) is 0 Å². The molecule has 0 spiro atoms. The molecule has 1 aliphatic heterocycles. The largest absolute Gasteiger partial charge is 0.480 e. The molecule has 0 saturated carbocycles. The molecule has 0 radical (unpaired) electrons. The van der Waals surface area contributed by atoms with Crippen LogP contribution in [0.2, 0.25) is 0 Å². The second-order valence-corrected chi connectivity index (χ2v) is 4.12. The smallest absolute Gasteiger partial charge is 0.322 e. The predicted octanol–water partition coefficient (Wildman–Crippen LogP) is 1.37. The molecule has 2 aromatic rings. The van der Waals surface area contributed by atoms with Crippen LogP contribution in [0.5, 0.6) is 11.5 Å². The van der Waals surface area contributed by atoms with Crippen molar-refractivity contribution >= 4 is 11.8 Å². The van der Waals surface area contributed by atoms with Gasteiger partial charge in [-0.2, -0.15) is 0 Å². The number of rotatable bonds is 4. The van der Waals surface area contributed by atoms with Crippen molar-refractivity contribution in [2.45, 2.75) is 0 Å². The van der Waals surface area contributed by atoms with E-state index in [0.717, 1.165) is 5.56 Å². The third-order valence-electron chi connectivity index (χ3n) is 2.75. The van der Waals surface area contributed by atoms with Crippen LogP contribution < -0.4 is 14.8 Å². The number of hydrogen-bond donors (Lipinski definition) is 2. The topological polar surface area (TPSA) is 93.6 Å². The van der Waals surface area contributed by atoms with Gasteiger partial charge in [0.1, 0.15) is 12.4 Å². The van der Waals surface area contributed by atoms with Crippen molar-refractivity contribution in [3.8, 4) is 22.8 Å². The van der Waals surface area contributed by atoms with Gasteiger partial charge in [-0.15, -0.1) is 10.2 Å². The van der Waals surface area contributed by atoms with E-state index in [4.69, 9.17) is 14.6 Å². The minimum atomic E-state index is -0.952. The molecule has 3 rings (SSSR count). The number of aromatic nitrogens is 2. The number of anilines is 1. The van der Waals surface area contributed by atoms with Crippen LogP contribution in [0.25, 0.3) is 11.3 Å². The number of nitrogens with zero attached hydrogens (tertiary/aromatic N) is 2. The minimum Gasteiger partial charge on any atom is -0.480 e. The Morgan fingerprint density at radius 2 is 2.05 bits per heavy atom. The maximum Gasteiger partial charge on any atom is 0.322 e. The first-order valence-electron chi connectivity index (χ1n) is 5.92. The average molecular weight is 273 g/mol. The summed E-state index contributed by atoms with van der Waals surface area (Å²) in [5.74, 6) is 0.849. The van der Waals surface area contributed by atoms with Crippen LogP contribution in [-0.4, -0.2) is 34.6 Å². The highest BCUT2D eigenvalue weighted by Crippen LogP contribution is 2.35. The molecule has 1 aromatic heterocycles. The summed E-state index contributed by atoms with van der Waals surface area (Å²) in [5, 5.41) is 19.2. The molecule has 7 nitrogen and oxygen atoms in total. The molecule has 2 heterocycles. The van der Waals surface area contributed by atoms with Gasteiger partial charge in [-0.1, -0.05) is 0 Å². The van der Waals surface area contributed by atoms with E-state index in [1.165, 1.54) is 0 Å². The number of benzene rings is 1. The summed E-state index contributed by atoms with van der Waals surface area (Å²) in [7, 11) is 0. The summed E-state index contributed by atoms with van der Waals surface area (Å²) < 4.78 is 10.5. The molecule has 0 saturated heterocycles. The quantitative estimate of drug-likeness (QED) is 0.868. The van der Waals surface area contributed by atoms with Gasteiger partial charge in [0.05, 0.1) is 5.69 Å². The predicted molar refractivity (Wildman–Crippen MR) is 69.7 cm³/mol. The van der Waals surface area contributed by atoms with E-state index < -0.39 is 5.97 Å². The number of ether oxygens (including phenoxy) is 2. The number of carbonyl (C=O) groups is 1. The maximum atomic E-state index is 10.4. The first-order valence-corrected chi connectivity index (χ1v) is 5.92. The summed E-state index contributed by atoms with van der Waals surface area (Å²) in [4.78, 5) is 10.4. The molecule has 1 aliphatic rings. The monoisotopic (exact) mass is 273 g/mol. The summed E-state index contributed by atoms with van der Waals surface area (Å²) >= 11 is 0. The lowest BCUT2D eigenvalue weighted by Crippen LogP contribution is -2.13. The molecule has 1 aromatic carbocycles. The average Bonchev–Trinajstić information content (AvgIpc) is 2.93. The molecule has 0 bridgehead atoms.